The minimum Gasteiger partial charge on any atom is -0.490 e. The fourth-order valence-corrected chi connectivity index (χ4v) is 3.17. The van der Waals surface area contributed by atoms with Gasteiger partial charge < -0.3 is 14.2 Å². The van der Waals surface area contributed by atoms with Gasteiger partial charge in [0.05, 0.1) is 24.8 Å². The monoisotopic (exact) mass is 384 g/mol. The number of hydrogen-bond donors (Lipinski definition) is 0. The highest BCUT2D eigenvalue weighted by Crippen LogP contribution is 2.37. The molecule has 2 rings (SSSR count). The van der Waals surface area contributed by atoms with Crippen LogP contribution in [0.4, 0.5) is 0 Å². The van der Waals surface area contributed by atoms with E-state index >= 15 is 0 Å². The summed E-state index contributed by atoms with van der Waals surface area (Å²) in [7, 11) is -3.41. The zero-order valence-electron chi connectivity index (χ0n) is 10.8. The van der Waals surface area contributed by atoms with Gasteiger partial charge in [0.15, 0.2) is 21.9 Å². The first kappa shape index (κ1) is 16.0. The van der Waals surface area contributed by atoms with Gasteiger partial charge in [-0.3, -0.25) is 0 Å². The van der Waals surface area contributed by atoms with E-state index in [0.29, 0.717) is 24.1 Å². The molecule has 1 fully saturated rings. The van der Waals surface area contributed by atoms with Crippen LogP contribution in [-0.4, -0.2) is 40.8 Å². The van der Waals surface area contributed by atoms with Crippen LogP contribution in [0.3, 0.4) is 0 Å². The van der Waals surface area contributed by atoms with Crippen LogP contribution in [0, 0.1) is 0 Å². The summed E-state index contributed by atoms with van der Waals surface area (Å²) >= 11 is 9.35. The molecule has 0 unspecified atom stereocenters. The molecule has 1 aliphatic heterocycles. The maximum Gasteiger partial charge on any atom is 0.179 e. The van der Waals surface area contributed by atoms with Gasteiger partial charge in [0.1, 0.15) is 4.90 Å². The first-order valence-electron chi connectivity index (χ1n) is 5.93. The van der Waals surface area contributed by atoms with E-state index in [-0.39, 0.29) is 28.6 Å². The maximum atomic E-state index is 11.7. The molecule has 0 bridgehead atoms. The molecule has 0 amide bonds. The summed E-state index contributed by atoms with van der Waals surface area (Å²) in [6.45, 7) is 1.39. The Morgan fingerprint density at radius 2 is 2.05 bits per heavy atom. The average Bonchev–Trinajstić information content (AvgIpc) is 2.86. The van der Waals surface area contributed by atoms with E-state index in [1.165, 1.54) is 6.07 Å². The van der Waals surface area contributed by atoms with E-state index < -0.39 is 9.84 Å². The van der Waals surface area contributed by atoms with E-state index in [9.17, 15) is 8.42 Å². The van der Waals surface area contributed by atoms with Gasteiger partial charge in [-0.1, -0.05) is 11.6 Å². The highest BCUT2D eigenvalue weighted by atomic mass is 79.9. The molecule has 1 heterocycles. The van der Waals surface area contributed by atoms with Gasteiger partial charge in [-0.05, 0) is 28.1 Å². The standard InChI is InChI=1S/C12H14BrClO5S/c1-20(15,16)9-3-2-8(13)11(14)12(9)19-5-4-10-17-6-7-18-10/h2-3,10H,4-7H2,1H3. The predicted octanol–water partition coefficient (Wildman–Crippen LogP) is 2.65. The fourth-order valence-electron chi connectivity index (χ4n) is 1.77. The minimum absolute atomic E-state index is 0.0685. The van der Waals surface area contributed by atoms with Gasteiger partial charge in [0.2, 0.25) is 0 Å². The van der Waals surface area contributed by atoms with E-state index in [1.54, 1.807) is 6.07 Å². The minimum atomic E-state index is -3.41. The molecule has 1 saturated heterocycles. The average molecular weight is 386 g/mol. The van der Waals surface area contributed by atoms with Gasteiger partial charge in [0.25, 0.3) is 0 Å². The molecule has 0 aliphatic carbocycles. The van der Waals surface area contributed by atoms with Crippen LogP contribution in [-0.2, 0) is 19.3 Å². The van der Waals surface area contributed by atoms with Crippen LogP contribution in [0.15, 0.2) is 21.5 Å². The van der Waals surface area contributed by atoms with Gasteiger partial charge in [-0.2, -0.15) is 0 Å². The molecule has 5 nitrogen and oxygen atoms in total. The second-order valence-corrected chi connectivity index (χ2v) is 7.49. The van der Waals surface area contributed by atoms with Gasteiger partial charge >= 0.3 is 0 Å². The number of ether oxygens (including phenoxy) is 3. The van der Waals surface area contributed by atoms with Crippen LogP contribution in [0.25, 0.3) is 0 Å². The molecular formula is C12H14BrClO5S. The van der Waals surface area contributed by atoms with Crippen LogP contribution in [0.5, 0.6) is 5.75 Å². The van der Waals surface area contributed by atoms with Gasteiger partial charge in [0, 0.05) is 17.1 Å². The fraction of sp³-hybridized carbons (Fsp3) is 0.500. The molecule has 112 valence electrons. The molecule has 1 aromatic rings. The topological polar surface area (TPSA) is 61.8 Å². The summed E-state index contributed by atoms with van der Waals surface area (Å²) in [4.78, 5) is 0.0685. The Bertz CT molecular complexity index is 584. The second kappa shape index (κ2) is 6.62. The summed E-state index contributed by atoms with van der Waals surface area (Å²) in [5, 5.41) is 0.237. The first-order valence-corrected chi connectivity index (χ1v) is 9.00. The van der Waals surface area contributed by atoms with Crippen molar-refractivity contribution in [2.75, 3.05) is 26.1 Å². The van der Waals surface area contributed by atoms with Crippen molar-refractivity contribution in [3.63, 3.8) is 0 Å². The summed E-state index contributed by atoms with van der Waals surface area (Å²) in [6, 6.07) is 3.04. The van der Waals surface area contributed by atoms with Crippen molar-refractivity contribution >= 4 is 37.4 Å². The Hall–Kier alpha value is -0.340. The van der Waals surface area contributed by atoms with Crippen LogP contribution in [0.1, 0.15) is 6.42 Å². The van der Waals surface area contributed by atoms with Crippen LogP contribution >= 0.6 is 27.5 Å². The van der Waals surface area contributed by atoms with E-state index in [2.05, 4.69) is 15.9 Å². The van der Waals surface area contributed by atoms with Crippen molar-refractivity contribution in [3.05, 3.63) is 21.6 Å². The van der Waals surface area contributed by atoms with E-state index in [4.69, 9.17) is 25.8 Å². The molecular weight excluding hydrogens is 372 g/mol. The second-order valence-electron chi connectivity index (χ2n) is 4.27. The number of hydrogen-bond acceptors (Lipinski definition) is 5. The van der Waals surface area contributed by atoms with Crippen molar-refractivity contribution in [1.82, 2.24) is 0 Å². The zero-order valence-corrected chi connectivity index (χ0v) is 13.9. The molecule has 1 aliphatic rings. The molecule has 20 heavy (non-hydrogen) atoms. The number of halogens is 2. The van der Waals surface area contributed by atoms with Gasteiger partial charge in [-0.15, -0.1) is 0 Å². The number of benzene rings is 1. The lowest BCUT2D eigenvalue weighted by Crippen LogP contribution is -2.14. The molecule has 0 N–H and O–H groups in total. The lowest BCUT2D eigenvalue weighted by molar-refractivity contribution is -0.0532. The smallest absolute Gasteiger partial charge is 0.179 e. The summed E-state index contributed by atoms with van der Waals surface area (Å²) < 4.78 is 40.1. The Morgan fingerprint density at radius 3 is 2.65 bits per heavy atom. The molecule has 0 radical (unpaired) electrons. The normalized spacial score (nSPS) is 16.6. The van der Waals surface area contributed by atoms with E-state index in [1.807, 2.05) is 0 Å². The quantitative estimate of drug-likeness (QED) is 0.780. The maximum absolute atomic E-state index is 11.7. The number of sulfone groups is 1. The molecule has 0 spiro atoms. The molecule has 0 aromatic heterocycles. The highest BCUT2D eigenvalue weighted by molar-refractivity contribution is 9.10. The van der Waals surface area contributed by atoms with E-state index in [0.717, 1.165) is 6.26 Å². The highest BCUT2D eigenvalue weighted by Gasteiger charge is 2.21. The lowest BCUT2D eigenvalue weighted by Gasteiger charge is -2.14. The van der Waals surface area contributed by atoms with Crippen molar-refractivity contribution in [2.45, 2.75) is 17.6 Å². The largest absolute Gasteiger partial charge is 0.490 e. The Labute approximate surface area is 131 Å². The zero-order chi connectivity index (χ0) is 14.8. The predicted molar refractivity (Wildman–Crippen MR) is 78.1 cm³/mol. The van der Waals surface area contributed by atoms with Crippen LogP contribution < -0.4 is 4.74 Å². The molecule has 0 saturated carbocycles. The summed E-state index contributed by atoms with van der Waals surface area (Å²) in [5.41, 5.74) is 0. The van der Waals surface area contributed by atoms with Crippen molar-refractivity contribution in [2.24, 2.45) is 0 Å². The van der Waals surface area contributed by atoms with Crippen LogP contribution in [0.2, 0.25) is 5.02 Å². The number of rotatable bonds is 5. The molecule has 0 atom stereocenters. The lowest BCUT2D eigenvalue weighted by atomic mass is 10.3. The van der Waals surface area contributed by atoms with Gasteiger partial charge in [-0.25, -0.2) is 8.42 Å². The Balaban J connectivity index is 2.14. The third-order valence-corrected chi connectivity index (χ3v) is 5.09. The first-order chi connectivity index (χ1) is 9.39. The third-order valence-electron chi connectivity index (χ3n) is 2.70. The SMILES string of the molecule is CS(=O)(=O)c1ccc(Br)c(Cl)c1OCCC1OCCO1. The summed E-state index contributed by atoms with van der Waals surface area (Å²) in [6.07, 6.45) is 1.32. The van der Waals surface area contributed by atoms with Crippen molar-refractivity contribution in [1.29, 1.82) is 0 Å². The molecule has 1 aromatic carbocycles. The molecule has 8 heteroatoms. The van der Waals surface area contributed by atoms with Crippen molar-refractivity contribution < 1.29 is 22.6 Å². The summed E-state index contributed by atoms with van der Waals surface area (Å²) in [5.74, 6) is 0.154. The van der Waals surface area contributed by atoms with Crippen molar-refractivity contribution in [3.8, 4) is 5.75 Å². The Morgan fingerprint density at radius 1 is 1.40 bits per heavy atom. The Kier molecular flexibility index (Phi) is 5.30. The third kappa shape index (κ3) is 3.85.